The Bertz CT molecular complexity index is 879. The monoisotopic (exact) mass is 362 g/mol. The summed E-state index contributed by atoms with van der Waals surface area (Å²) in [6.45, 7) is 3.74. The highest BCUT2D eigenvalue weighted by atomic mass is 16.6. The fourth-order valence-electron chi connectivity index (χ4n) is 3.63. The highest BCUT2D eigenvalue weighted by Gasteiger charge is 2.53. The smallest absolute Gasteiger partial charge is 0.167 e. The summed E-state index contributed by atoms with van der Waals surface area (Å²) in [7, 11) is 0. The molecule has 2 aromatic heterocycles. The van der Waals surface area contributed by atoms with E-state index < -0.39 is 30.6 Å². The van der Waals surface area contributed by atoms with E-state index in [1.54, 1.807) is 15.8 Å². The molecule has 0 saturated carbocycles. The molecule has 10 heteroatoms. The maximum atomic E-state index is 10.8. The second kappa shape index (κ2) is 5.88. The summed E-state index contributed by atoms with van der Waals surface area (Å²) < 4.78 is 7.34. The molecule has 0 spiro atoms. The van der Waals surface area contributed by atoms with E-state index in [0.717, 1.165) is 11.8 Å². The summed E-state index contributed by atoms with van der Waals surface area (Å²) in [6.07, 6.45) is 0.887. The second-order valence-corrected chi connectivity index (χ2v) is 6.83. The molecule has 2 aliphatic heterocycles. The van der Waals surface area contributed by atoms with Crippen molar-refractivity contribution in [1.29, 1.82) is 0 Å². The first-order valence-electron chi connectivity index (χ1n) is 8.54. The number of aromatic nitrogens is 3. The van der Waals surface area contributed by atoms with Crippen molar-refractivity contribution in [2.75, 3.05) is 18.2 Å². The molecule has 0 bridgehead atoms. The van der Waals surface area contributed by atoms with E-state index in [1.807, 2.05) is 6.92 Å². The second-order valence-electron chi connectivity index (χ2n) is 6.83. The lowest BCUT2D eigenvalue weighted by Gasteiger charge is -2.27. The van der Waals surface area contributed by atoms with Gasteiger partial charge in [0, 0.05) is 18.3 Å². The van der Waals surface area contributed by atoms with Gasteiger partial charge in [-0.15, -0.1) is 0 Å². The predicted octanol–water partition coefficient (Wildman–Crippen LogP) is -0.717. The molecular weight excluding hydrogens is 340 g/mol. The van der Waals surface area contributed by atoms with Gasteiger partial charge in [-0.2, -0.15) is 5.10 Å². The highest BCUT2D eigenvalue weighted by Crippen LogP contribution is 2.42. The Hall–Kier alpha value is -2.27. The lowest BCUT2D eigenvalue weighted by Crippen LogP contribution is -2.44. The number of nitrogens with two attached hydrogens (primary N) is 1. The highest BCUT2D eigenvalue weighted by molar-refractivity contribution is 6.13. The largest absolute Gasteiger partial charge is 0.394 e. The Morgan fingerprint density at radius 1 is 1.38 bits per heavy atom. The fourth-order valence-corrected chi connectivity index (χ4v) is 3.63. The van der Waals surface area contributed by atoms with Crippen LogP contribution in [0.2, 0.25) is 0 Å². The maximum Gasteiger partial charge on any atom is 0.167 e. The van der Waals surface area contributed by atoms with E-state index in [2.05, 4.69) is 15.1 Å². The normalized spacial score (nSPS) is 30.9. The van der Waals surface area contributed by atoms with Crippen LogP contribution in [-0.4, -0.2) is 66.7 Å². The molecule has 4 atom stereocenters. The molecule has 2 aromatic rings. The number of aliphatic hydroxyl groups excluding tert-OH is 2. The number of amidine groups is 1. The van der Waals surface area contributed by atoms with E-state index in [0.29, 0.717) is 29.4 Å². The van der Waals surface area contributed by atoms with Crippen molar-refractivity contribution >= 4 is 22.7 Å². The zero-order chi connectivity index (χ0) is 18.6. The van der Waals surface area contributed by atoms with Gasteiger partial charge in [-0.1, -0.05) is 6.92 Å². The summed E-state index contributed by atoms with van der Waals surface area (Å²) in [5.41, 5.74) is 5.67. The third kappa shape index (κ3) is 2.23. The molecule has 10 nitrogen and oxygen atoms in total. The zero-order valence-corrected chi connectivity index (χ0v) is 14.6. The number of hydrogen-bond acceptors (Lipinski definition) is 9. The summed E-state index contributed by atoms with van der Waals surface area (Å²) in [5, 5.41) is 37.3. The van der Waals surface area contributed by atoms with Crippen LogP contribution in [0.4, 0.5) is 5.82 Å². The van der Waals surface area contributed by atoms with Crippen molar-refractivity contribution in [3.05, 3.63) is 18.1 Å². The number of hydrazone groups is 1. The summed E-state index contributed by atoms with van der Waals surface area (Å²) in [6, 6.07) is 0. The molecule has 0 aliphatic carbocycles. The Balaban J connectivity index is 1.89. The van der Waals surface area contributed by atoms with Gasteiger partial charge in [-0.25, -0.2) is 15.0 Å². The lowest BCUT2D eigenvalue weighted by molar-refractivity contribution is -0.0948. The molecule has 140 valence electrons. The van der Waals surface area contributed by atoms with Gasteiger partial charge >= 0.3 is 0 Å². The third-order valence-electron chi connectivity index (χ3n) is 4.96. The molecule has 2 aliphatic rings. The molecule has 1 saturated heterocycles. The molecular formula is C16H22N6O4. The SMILES string of the molecule is CCCN1N=C(N)c2cn([C@@H]3O[C@H](CO)[C@@H](O)[C@@]3(C)O)c3ncnc1c23. The van der Waals surface area contributed by atoms with E-state index >= 15 is 0 Å². The van der Waals surface area contributed by atoms with Gasteiger partial charge in [0.05, 0.1) is 12.0 Å². The number of hydrogen-bond donors (Lipinski definition) is 4. The number of ether oxygens (including phenoxy) is 1. The van der Waals surface area contributed by atoms with Crippen molar-refractivity contribution in [3.63, 3.8) is 0 Å². The van der Waals surface area contributed by atoms with E-state index in [9.17, 15) is 15.3 Å². The Morgan fingerprint density at radius 3 is 2.81 bits per heavy atom. The molecule has 0 aromatic carbocycles. The van der Waals surface area contributed by atoms with Gasteiger partial charge in [0.2, 0.25) is 0 Å². The first-order chi connectivity index (χ1) is 12.4. The molecule has 1 fully saturated rings. The minimum absolute atomic E-state index is 0.321. The van der Waals surface area contributed by atoms with Crippen molar-refractivity contribution in [3.8, 4) is 0 Å². The van der Waals surface area contributed by atoms with Crippen LogP contribution in [0.5, 0.6) is 0 Å². The van der Waals surface area contributed by atoms with Gasteiger partial charge in [0.25, 0.3) is 0 Å². The molecule has 4 rings (SSSR count). The average Bonchev–Trinajstić information content (AvgIpc) is 3.10. The van der Waals surface area contributed by atoms with Crippen molar-refractivity contribution < 1.29 is 20.1 Å². The topological polar surface area (TPSA) is 142 Å². The van der Waals surface area contributed by atoms with Crippen LogP contribution < -0.4 is 10.7 Å². The van der Waals surface area contributed by atoms with Crippen molar-refractivity contribution in [1.82, 2.24) is 14.5 Å². The van der Waals surface area contributed by atoms with Crippen molar-refractivity contribution in [2.45, 2.75) is 44.3 Å². The van der Waals surface area contributed by atoms with Gasteiger partial charge in [0.1, 0.15) is 29.8 Å². The Labute approximate surface area is 149 Å². The first-order valence-corrected chi connectivity index (χ1v) is 8.54. The van der Waals surface area contributed by atoms with Crippen LogP contribution in [0.25, 0.3) is 11.0 Å². The number of rotatable bonds is 4. The standard InChI is InChI=1S/C16H22N6O4/c1-3-4-22-14-10-8(12(17)20-22)5-21(13(10)18-7-19-14)15-16(2,25)11(24)9(6-23)26-15/h5,7,9,11,15,23-25H,3-4,6H2,1-2H3,(H2,17,20)/t9-,11-,15-,16-/m1/s1. The quantitative estimate of drug-likeness (QED) is 0.558. The minimum atomic E-state index is -1.62. The van der Waals surface area contributed by atoms with Crippen LogP contribution in [-0.2, 0) is 4.74 Å². The van der Waals surface area contributed by atoms with E-state index in [1.165, 1.54) is 13.3 Å². The number of anilines is 1. The average molecular weight is 362 g/mol. The third-order valence-corrected chi connectivity index (χ3v) is 4.96. The minimum Gasteiger partial charge on any atom is -0.394 e. The summed E-state index contributed by atoms with van der Waals surface area (Å²) in [5.74, 6) is 0.957. The van der Waals surface area contributed by atoms with Gasteiger partial charge in [0.15, 0.2) is 17.9 Å². The molecule has 0 unspecified atom stereocenters. The molecule has 5 N–H and O–H groups in total. The van der Waals surface area contributed by atoms with E-state index in [4.69, 9.17) is 10.5 Å². The Morgan fingerprint density at radius 2 is 2.15 bits per heavy atom. The number of nitrogens with zero attached hydrogens (tertiary/aromatic N) is 5. The van der Waals surface area contributed by atoms with Crippen LogP contribution >= 0.6 is 0 Å². The first kappa shape index (κ1) is 17.2. The van der Waals surface area contributed by atoms with Crippen LogP contribution in [0.3, 0.4) is 0 Å². The molecule has 0 amide bonds. The Kier molecular flexibility index (Phi) is 3.88. The van der Waals surface area contributed by atoms with Crippen molar-refractivity contribution in [2.24, 2.45) is 10.8 Å². The van der Waals surface area contributed by atoms with Gasteiger partial charge in [-0.3, -0.25) is 0 Å². The van der Waals surface area contributed by atoms with E-state index in [-0.39, 0.29) is 0 Å². The predicted molar refractivity (Wildman–Crippen MR) is 93.5 cm³/mol. The molecule has 4 heterocycles. The number of aliphatic hydroxyl groups is 3. The summed E-state index contributed by atoms with van der Waals surface area (Å²) >= 11 is 0. The molecule has 26 heavy (non-hydrogen) atoms. The lowest BCUT2D eigenvalue weighted by atomic mass is 9.96. The van der Waals surface area contributed by atoms with Crippen LogP contribution in [0.1, 0.15) is 32.1 Å². The maximum absolute atomic E-state index is 10.8. The zero-order valence-electron chi connectivity index (χ0n) is 14.6. The van der Waals surface area contributed by atoms with Crippen LogP contribution in [0, 0.1) is 0 Å². The van der Waals surface area contributed by atoms with Gasteiger partial charge in [-0.05, 0) is 13.3 Å². The van der Waals surface area contributed by atoms with Crippen LogP contribution in [0.15, 0.2) is 17.6 Å². The summed E-state index contributed by atoms with van der Waals surface area (Å²) in [4.78, 5) is 8.68. The molecule has 0 radical (unpaired) electrons. The van der Waals surface area contributed by atoms with Gasteiger partial charge < -0.3 is 30.4 Å². The fraction of sp³-hybridized carbons (Fsp3) is 0.562.